The average molecular weight is 422 g/mol. The smallest absolute Gasteiger partial charge is 0.268 e. The summed E-state index contributed by atoms with van der Waals surface area (Å²) in [5, 5.41) is 6.58. The normalized spacial score (nSPS) is 22.3. The van der Waals surface area contributed by atoms with Gasteiger partial charge in [0.05, 0.1) is 17.3 Å². The Morgan fingerprint density at radius 1 is 1.19 bits per heavy atom. The lowest BCUT2D eigenvalue weighted by molar-refractivity contribution is -0.114. The van der Waals surface area contributed by atoms with Crippen LogP contribution in [0.5, 0.6) is 0 Å². The molecule has 2 N–H and O–H groups in total. The Morgan fingerprint density at radius 2 is 2.03 bits per heavy atom. The number of aromatic nitrogens is 1. The minimum Gasteiger partial charge on any atom is -0.373 e. The third kappa shape index (κ3) is 3.62. The van der Waals surface area contributed by atoms with E-state index in [1.54, 1.807) is 10.8 Å². The van der Waals surface area contributed by atoms with E-state index in [0.29, 0.717) is 5.56 Å². The van der Waals surface area contributed by atoms with Crippen LogP contribution in [-0.2, 0) is 17.6 Å². The summed E-state index contributed by atoms with van der Waals surface area (Å²) in [5.41, 5.74) is 3.84. The van der Waals surface area contributed by atoms with Crippen molar-refractivity contribution in [2.24, 2.45) is 0 Å². The Morgan fingerprint density at radius 3 is 2.87 bits per heavy atom. The lowest BCUT2D eigenvalue weighted by atomic mass is 9.80. The molecule has 0 bridgehead atoms. The van der Waals surface area contributed by atoms with Crippen LogP contribution in [-0.4, -0.2) is 41.8 Å². The predicted octanol–water partition coefficient (Wildman–Crippen LogP) is 2.67. The van der Waals surface area contributed by atoms with Gasteiger partial charge in [-0.1, -0.05) is 12.1 Å². The van der Waals surface area contributed by atoms with Crippen LogP contribution in [0.2, 0.25) is 0 Å². The minimum atomic E-state index is -0.318. The largest absolute Gasteiger partial charge is 0.373 e. The Bertz CT molecular complexity index is 1040. The van der Waals surface area contributed by atoms with Crippen LogP contribution in [0.4, 0.5) is 0 Å². The maximum absolute atomic E-state index is 13.5. The first kappa shape index (κ1) is 20.5. The number of carbonyl (C=O) groups is 1. The Hall–Kier alpha value is -2.44. The van der Waals surface area contributed by atoms with Crippen LogP contribution in [0, 0.1) is 6.92 Å². The summed E-state index contributed by atoms with van der Waals surface area (Å²) >= 11 is 0. The van der Waals surface area contributed by atoms with Gasteiger partial charge in [0.15, 0.2) is 0 Å². The maximum Gasteiger partial charge on any atom is 0.268 e. The number of benzene rings is 1. The van der Waals surface area contributed by atoms with Crippen molar-refractivity contribution < 1.29 is 9.53 Å². The van der Waals surface area contributed by atoms with E-state index in [9.17, 15) is 9.59 Å². The number of hydrogen-bond acceptors (Lipinski definition) is 4. The van der Waals surface area contributed by atoms with Gasteiger partial charge in [-0.25, -0.2) is 0 Å². The van der Waals surface area contributed by atoms with E-state index >= 15 is 0 Å². The van der Waals surface area contributed by atoms with Crippen molar-refractivity contribution >= 4 is 5.91 Å². The molecule has 2 aromatic rings. The van der Waals surface area contributed by atoms with Gasteiger partial charge in [-0.05, 0) is 93.8 Å². The topological polar surface area (TPSA) is 72.4 Å². The Kier molecular flexibility index (Phi) is 5.44. The van der Waals surface area contributed by atoms with E-state index in [1.807, 2.05) is 25.1 Å². The molecule has 6 heteroatoms. The van der Waals surface area contributed by atoms with E-state index in [2.05, 4.69) is 16.7 Å². The molecule has 164 valence electrons. The first-order valence-corrected chi connectivity index (χ1v) is 11.6. The molecule has 1 spiro atoms. The van der Waals surface area contributed by atoms with Crippen molar-refractivity contribution in [2.45, 2.75) is 63.5 Å². The zero-order valence-electron chi connectivity index (χ0n) is 18.2. The monoisotopic (exact) mass is 421 g/mol. The number of piperidine rings is 1. The van der Waals surface area contributed by atoms with Crippen molar-refractivity contribution in [2.75, 3.05) is 19.7 Å². The highest BCUT2D eigenvalue weighted by Crippen LogP contribution is 2.33. The summed E-state index contributed by atoms with van der Waals surface area (Å²) < 4.78 is 7.88. The molecule has 0 radical (unpaired) electrons. The number of carbonyl (C=O) groups excluding carboxylic acids is 1. The zero-order chi connectivity index (χ0) is 21.4. The third-order valence-electron chi connectivity index (χ3n) is 7.33. The summed E-state index contributed by atoms with van der Waals surface area (Å²) in [6, 6.07) is 7.94. The molecule has 2 saturated heterocycles. The summed E-state index contributed by atoms with van der Waals surface area (Å²) in [7, 11) is 0. The number of fused-ring (bicyclic) bond motifs is 1. The summed E-state index contributed by atoms with van der Waals surface area (Å²) in [5.74, 6) is -0.280. The van der Waals surface area contributed by atoms with Gasteiger partial charge >= 0.3 is 0 Å². The van der Waals surface area contributed by atoms with Crippen LogP contribution >= 0.6 is 0 Å². The van der Waals surface area contributed by atoms with E-state index < -0.39 is 0 Å². The fraction of sp³-hybridized carbons (Fsp3) is 0.520. The van der Waals surface area contributed by atoms with E-state index in [0.717, 1.165) is 70.3 Å². The molecule has 1 amide bonds. The number of aryl methyl sites for hydroxylation is 2. The van der Waals surface area contributed by atoms with Gasteiger partial charge in [-0.15, -0.1) is 0 Å². The maximum atomic E-state index is 13.5. The molecule has 3 heterocycles. The summed E-state index contributed by atoms with van der Waals surface area (Å²) in [6.45, 7) is 4.36. The molecule has 1 aromatic heterocycles. The van der Waals surface area contributed by atoms with Gasteiger partial charge in [0.2, 0.25) is 0 Å². The number of rotatable bonds is 3. The predicted molar refractivity (Wildman–Crippen MR) is 120 cm³/mol. The highest BCUT2D eigenvalue weighted by atomic mass is 16.5. The third-order valence-corrected chi connectivity index (χ3v) is 7.33. The van der Waals surface area contributed by atoms with Crippen molar-refractivity contribution in [3.63, 3.8) is 0 Å². The first-order chi connectivity index (χ1) is 15.1. The van der Waals surface area contributed by atoms with E-state index in [1.165, 1.54) is 11.1 Å². The van der Waals surface area contributed by atoms with Crippen molar-refractivity contribution in [1.82, 2.24) is 15.2 Å². The highest BCUT2D eigenvalue weighted by Gasteiger charge is 2.44. The van der Waals surface area contributed by atoms with Crippen LogP contribution in [0.1, 0.15) is 59.2 Å². The number of nitrogens with zero attached hydrogens (tertiary/aromatic N) is 1. The summed E-state index contributed by atoms with van der Waals surface area (Å²) in [4.78, 5) is 26.9. The molecule has 1 aliphatic carbocycles. The van der Waals surface area contributed by atoms with E-state index in [4.69, 9.17) is 4.74 Å². The Labute approximate surface area is 183 Å². The zero-order valence-corrected chi connectivity index (χ0v) is 18.2. The Balaban J connectivity index is 1.48. The van der Waals surface area contributed by atoms with E-state index in [-0.39, 0.29) is 28.7 Å². The van der Waals surface area contributed by atoms with Gasteiger partial charge in [-0.2, -0.15) is 0 Å². The number of pyridine rings is 1. The molecule has 2 fully saturated rings. The van der Waals surface area contributed by atoms with Crippen LogP contribution in [0.15, 0.2) is 35.3 Å². The molecule has 1 atom stereocenters. The molecule has 2 aliphatic heterocycles. The molecule has 5 rings (SSSR count). The fourth-order valence-corrected chi connectivity index (χ4v) is 5.62. The van der Waals surface area contributed by atoms with Crippen LogP contribution < -0.4 is 16.2 Å². The molecule has 0 saturated carbocycles. The lowest BCUT2D eigenvalue weighted by Gasteiger charge is -2.46. The minimum absolute atomic E-state index is 0.0655. The van der Waals surface area contributed by atoms with Gasteiger partial charge in [0.25, 0.3) is 11.5 Å². The average Bonchev–Trinajstić information content (AvgIpc) is 3.26. The van der Waals surface area contributed by atoms with Gasteiger partial charge in [0.1, 0.15) is 5.56 Å². The molecule has 31 heavy (non-hydrogen) atoms. The van der Waals surface area contributed by atoms with Crippen molar-refractivity contribution in [3.8, 4) is 5.69 Å². The van der Waals surface area contributed by atoms with Crippen molar-refractivity contribution in [3.05, 3.63) is 63.1 Å². The number of amides is 1. The van der Waals surface area contributed by atoms with Crippen molar-refractivity contribution in [1.29, 1.82) is 0 Å². The molecule has 1 aromatic carbocycles. The lowest BCUT2D eigenvalue weighted by Crippen LogP contribution is -2.60. The van der Waals surface area contributed by atoms with Gasteiger partial charge in [-0.3, -0.25) is 14.2 Å². The van der Waals surface area contributed by atoms with Crippen LogP contribution in [0.3, 0.4) is 0 Å². The molecule has 3 aliphatic rings. The first-order valence-electron chi connectivity index (χ1n) is 11.6. The number of ether oxygens (including phenoxy) is 1. The summed E-state index contributed by atoms with van der Waals surface area (Å²) in [6.07, 6.45) is 8.52. The molecular formula is C25H31N3O3. The second kappa shape index (κ2) is 8.24. The molecule has 6 nitrogen and oxygen atoms in total. The second-order valence-corrected chi connectivity index (χ2v) is 9.15. The second-order valence-electron chi connectivity index (χ2n) is 9.15. The standard InChI is InChI=1S/C25H31N3O3/c1-17-10-15-28(20-8-3-6-18-5-2-7-19(18)20)24(30)22(17)23(29)27-21-9-4-16-31-25(21)11-13-26-14-12-25/h3,6,8,10,15,21,26H,2,4-5,7,9,11-14,16H2,1H3,(H,27,29). The quantitative estimate of drug-likeness (QED) is 0.799. The number of hydrogen-bond donors (Lipinski definition) is 2. The van der Waals surface area contributed by atoms with Gasteiger partial charge < -0.3 is 15.4 Å². The van der Waals surface area contributed by atoms with Crippen LogP contribution in [0.25, 0.3) is 5.69 Å². The van der Waals surface area contributed by atoms with Gasteiger partial charge in [0, 0.05) is 12.8 Å². The molecular weight excluding hydrogens is 390 g/mol. The SMILES string of the molecule is Cc1ccn(-c2cccc3c2CCC3)c(=O)c1C(=O)NC1CCCOC12CCNCC2. The molecule has 1 unspecified atom stereocenters. The number of nitrogens with one attached hydrogen (secondary N) is 2. The fourth-order valence-electron chi connectivity index (χ4n) is 5.62. The highest BCUT2D eigenvalue weighted by molar-refractivity contribution is 5.95.